The van der Waals surface area contributed by atoms with Crippen LogP contribution in [0.3, 0.4) is 0 Å². The fraction of sp³-hybridized carbons (Fsp3) is 0.391. The number of nitrogens with two attached hydrogens (primary N) is 1. The third-order valence-corrected chi connectivity index (χ3v) is 5.59. The van der Waals surface area contributed by atoms with E-state index in [-0.39, 0.29) is 6.04 Å². The minimum Gasteiger partial charge on any atom is -0.477 e. The molecule has 1 atom stereocenters. The first-order valence-electron chi connectivity index (χ1n) is 10.7. The summed E-state index contributed by atoms with van der Waals surface area (Å²) in [4.78, 5) is 9.50. The van der Waals surface area contributed by atoms with Crippen molar-refractivity contribution in [3.05, 3.63) is 47.5 Å². The molecule has 162 valence electrons. The third-order valence-electron chi connectivity index (χ3n) is 5.59. The van der Waals surface area contributed by atoms with E-state index in [1.54, 1.807) is 10.9 Å². The Bertz CT molecular complexity index is 1220. The van der Waals surface area contributed by atoms with Gasteiger partial charge in [0.2, 0.25) is 5.88 Å². The van der Waals surface area contributed by atoms with Crippen LogP contribution in [0.15, 0.2) is 30.6 Å². The van der Waals surface area contributed by atoms with E-state index in [0.29, 0.717) is 24.6 Å². The predicted molar refractivity (Wildman–Crippen MR) is 122 cm³/mol. The molecule has 4 heterocycles. The molecule has 8 heteroatoms. The van der Waals surface area contributed by atoms with E-state index in [4.69, 9.17) is 20.6 Å². The molecule has 4 aromatic heterocycles. The van der Waals surface area contributed by atoms with Gasteiger partial charge < -0.3 is 10.5 Å². The Morgan fingerprint density at radius 3 is 2.68 bits per heavy atom. The van der Waals surface area contributed by atoms with E-state index in [9.17, 15) is 0 Å². The second kappa shape index (κ2) is 8.37. The summed E-state index contributed by atoms with van der Waals surface area (Å²) in [5.74, 6) is 0.547. The highest BCUT2D eigenvalue weighted by Gasteiger charge is 2.24. The van der Waals surface area contributed by atoms with Gasteiger partial charge in [-0.15, -0.1) is 0 Å². The molecule has 0 amide bonds. The summed E-state index contributed by atoms with van der Waals surface area (Å²) in [6, 6.07) is 6.07. The van der Waals surface area contributed by atoms with Crippen molar-refractivity contribution in [2.45, 2.75) is 46.6 Å². The first kappa shape index (κ1) is 20.8. The summed E-state index contributed by atoms with van der Waals surface area (Å²) < 4.78 is 9.61. The molecule has 0 aromatic carbocycles. The number of hydrogen-bond donors (Lipinski definition) is 1. The number of nitrogen functional groups attached to an aromatic ring is 1. The largest absolute Gasteiger partial charge is 0.477 e. The molecule has 4 rings (SSSR count). The smallest absolute Gasteiger partial charge is 0.222 e. The molecule has 0 fully saturated rings. The second-order valence-electron chi connectivity index (χ2n) is 7.78. The molecule has 0 saturated heterocycles. The number of aryl methyl sites for hydroxylation is 2. The van der Waals surface area contributed by atoms with Crippen LogP contribution in [0.5, 0.6) is 5.88 Å². The number of ether oxygens (including phenoxy) is 1. The van der Waals surface area contributed by atoms with Crippen LogP contribution in [-0.2, 0) is 13.5 Å². The highest BCUT2D eigenvalue weighted by molar-refractivity contribution is 5.95. The van der Waals surface area contributed by atoms with Crippen molar-refractivity contribution in [1.82, 2.24) is 29.5 Å². The lowest BCUT2D eigenvalue weighted by Gasteiger charge is -2.17. The summed E-state index contributed by atoms with van der Waals surface area (Å²) in [7, 11) is 1.91. The van der Waals surface area contributed by atoms with Crippen molar-refractivity contribution in [1.29, 1.82) is 0 Å². The van der Waals surface area contributed by atoms with E-state index in [0.717, 1.165) is 45.7 Å². The molecular weight excluding hydrogens is 390 g/mol. The van der Waals surface area contributed by atoms with Crippen molar-refractivity contribution in [2.75, 3.05) is 12.3 Å². The molecule has 0 saturated carbocycles. The molecule has 0 spiro atoms. The molecule has 4 aromatic rings. The maximum atomic E-state index is 6.85. The van der Waals surface area contributed by atoms with Crippen LogP contribution in [0.1, 0.15) is 50.2 Å². The molecule has 0 bridgehead atoms. The summed E-state index contributed by atoms with van der Waals surface area (Å²) in [6.45, 7) is 8.72. The molecule has 8 nitrogen and oxygen atoms in total. The van der Waals surface area contributed by atoms with Crippen molar-refractivity contribution in [3.63, 3.8) is 0 Å². The Hall–Kier alpha value is -3.42. The average Bonchev–Trinajstić information content (AvgIpc) is 3.33. The summed E-state index contributed by atoms with van der Waals surface area (Å²) in [5.41, 5.74) is 13.5. The van der Waals surface area contributed by atoms with Crippen LogP contribution in [0.4, 0.5) is 5.69 Å². The topological polar surface area (TPSA) is 96.7 Å². The normalized spacial score (nSPS) is 12.4. The lowest BCUT2D eigenvalue weighted by atomic mass is 9.99. The van der Waals surface area contributed by atoms with E-state index < -0.39 is 0 Å². The first-order valence-corrected chi connectivity index (χ1v) is 10.7. The Labute approximate surface area is 182 Å². The van der Waals surface area contributed by atoms with Gasteiger partial charge in [-0.2, -0.15) is 10.2 Å². The fourth-order valence-corrected chi connectivity index (χ4v) is 3.83. The van der Waals surface area contributed by atoms with Crippen molar-refractivity contribution < 1.29 is 4.74 Å². The van der Waals surface area contributed by atoms with Gasteiger partial charge in [0.25, 0.3) is 0 Å². The second-order valence-corrected chi connectivity index (χ2v) is 7.78. The minimum atomic E-state index is 0.214. The van der Waals surface area contributed by atoms with Gasteiger partial charge in [0, 0.05) is 37.5 Å². The maximum Gasteiger partial charge on any atom is 0.222 e. The van der Waals surface area contributed by atoms with E-state index in [1.807, 2.05) is 50.0 Å². The number of fused-ring (bicyclic) bond motifs is 1. The molecule has 2 N–H and O–H groups in total. The van der Waals surface area contributed by atoms with Crippen LogP contribution in [0, 0.1) is 6.92 Å². The summed E-state index contributed by atoms with van der Waals surface area (Å²) >= 11 is 0. The lowest BCUT2D eigenvalue weighted by Crippen LogP contribution is -2.10. The Kier molecular flexibility index (Phi) is 5.63. The first-order chi connectivity index (χ1) is 14.9. The number of hydrogen-bond acceptors (Lipinski definition) is 6. The van der Waals surface area contributed by atoms with Crippen LogP contribution < -0.4 is 10.5 Å². The minimum absolute atomic E-state index is 0.214. The van der Waals surface area contributed by atoms with Crippen LogP contribution in [0.2, 0.25) is 0 Å². The SMILES string of the molecule is CCOc1ncccc1-c1nc2c(C)nn(C(C)CC)c2c(N)c1Cc1ccn(C)n1. The predicted octanol–water partition coefficient (Wildman–Crippen LogP) is 4.08. The van der Waals surface area contributed by atoms with Gasteiger partial charge in [-0.3, -0.25) is 9.36 Å². The highest BCUT2D eigenvalue weighted by Crippen LogP contribution is 2.38. The van der Waals surface area contributed by atoms with Crippen LogP contribution in [-0.4, -0.2) is 36.1 Å². The van der Waals surface area contributed by atoms with Crippen molar-refractivity contribution >= 4 is 16.7 Å². The molecule has 0 aliphatic rings. The quantitative estimate of drug-likeness (QED) is 0.485. The third kappa shape index (κ3) is 3.73. The summed E-state index contributed by atoms with van der Waals surface area (Å²) in [6.07, 6.45) is 5.15. The number of pyridine rings is 2. The average molecular weight is 420 g/mol. The van der Waals surface area contributed by atoms with Gasteiger partial charge in [0.1, 0.15) is 11.0 Å². The highest BCUT2D eigenvalue weighted by atomic mass is 16.5. The molecule has 31 heavy (non-hydrogen) atoms. The molecule has 0 aliphatic carbocycles. The zero-order chi connectivity index (χ0) is 22.1. The van der Waals surface area contributed by atoms with Gasteiger partial charge >= 0.3 is 0 Å². The zero-order valence-corrected chi connectivity index (χ0v) is 18.8. The van der Waals surface area contributed by atoms with E-state index >= 15 is 0 Å². The van der Waals surface area contributed by atoms with Gasteiger partial charge in [0.05, 0.1) is 34.9 Å². The Morgan fingerprint density at radius 2 is 2.00 bits per heavy atom. The maximum absolute atomic E-state index is 6.85. The van der Waals surface area contributed by atoms with E-state index in [1.165, 1.54) is 0 Å². The number of aromatic nitrogens is 6. The Morgan fingerprint density at radius 1 is 1.19 bits per heavy atom. The lowest BCUT2D eigenvalue weighted by molar-refractivity contribution is 0.328. The fourth-order valence-electron chi connectivity index (χ4n) is 3.83. The van der Waals surface area contributed by atoms with Crippen molar-refractivity contribution in [3.8, 4) is 17.1 Å². The molecule has 0 radical (unpaired) electrons. The van der Waals surface area contributed by atoms with Crippen LogP contribution >= 0.6 is 0 Å². The zero-order valence-electron chi connectivity index (χ0n) is 18.8. The van der Waals surface area contributed by atoms with Crippen LogP contribution in [0.25, 0.3) is 22.3 Å². The summed E-state index contributed by atoms with van der Waals surface area (Å²) in [5, 5.41) is 9.34. The van der Waals surface area contributed by atoms with Gasteiger partial charge in [-0.05, 0) is 45.4 Å². The van der Waals surface area contributed by atoms with Gasteiger partial charge in [-0.25, -0.2) is 9.97 Å². The van der Waals surface area contributed by atoms with Gasteiger partial charge in [-0.1, -0.05) is 6.92 Å². The molecule has 1 unspecified atom stereocenters. The van der Waals surface area contributed by atoms with E-state index in [2.05, 4.69) is 23.9 Å². The molecule has 0 aliphatic heterocycles. The standard InChI is InChI=1S/C23H29N7O/c1-6-14(3)30-22-19(24)18(13-16-10-12-29(5)28-16)21(26-20(22)15(4)27-30)17-9-8-11-25-23(17)31-7-2/h8-12,14H,6-7,13H2,1-5H3,(H2,24,26). The van der Waals surface area contributed by atoms with Crippen molar-refractivity contribution in [2.24, 2.45) is 7.05 Å². The number of anilines is 1. The monoisotopic (exact) mass is 419 g/mol. The number of nitrogens with zero attached hydrogens (tertiary/aromatic N) is 6. The number of rotatable bonds is 7. The molecular formula is C23H29N7O. The van der Waals surface area contributed by atoms with Gasteiger partial charge in [0.15, 0.2) is 0 Å². The Balaban J connectivity index is 2.02.